The Hall–Kier alpha value is -0.170. The predicted octanol–water partition coefficient (Wildman–Crippen LogP) is -1.07. The summed E-state index contributed by atoms with van der Waals surface area (Å²) in [5, 5.41) is 8.78. The van der Waals surface area contributed by atoms with Crippen molar-refractivity contribution in [3.8, 4) is 0 Å². The first-order chi connectivity index (χ1) is 4.21. The third kappa shape index (κ3) is 7.83. The normalized spacial score (nSPS) is 18.4. The Morgan fingerprint density at radius 1 is 1.60 bits per heavy atom. The van der Waals surface area contributed by atoms with Gasteiger partial charge in [-0.05, 0) is 6.92 Å². The first-order valence-electron chi connectivity index (χ1n) is 2.67. The highest BCUT2D eigenvalue weighted by atomic mass is 32.2. The Morgan fingerprint density at radius 3 is 2.10 bits per heavy atom. The van der Waals surface area contributed by atoms with E-state index in [-0.39, 0.29) is 6.42 Å². The maximum Gasteiger partial charge on any atom is 0.265 e. The Labute approximate surface area is 59.6 Å². The maximum atomic E-state index is 10.1. The lowest BCUT2D eigenvalue weighted by molar-refractivity contribution is 0.0635. The summed E-state index contributed by atoms with van der Waals surface area (Å²) in [7, 11) is -4.00. The van der Waals surface area contributed by atoms with Gasteiger partial charge in [-0.3, -0.25) is 4.55 Å². The van der Waals surface area contributed by atoms with Crippen molar-refractivity contribution in [3.05, 3.63) is 0 Å². The van der Waals surface area contributed by atoms with Crippen molar-refractivity contribution in [2.45, 2.75) is 19.1 Å². The summed E-state index contributed by atoms with van der Waals surface area (Å²) >= 11 is 0. The molecule has 6 heteroatoms. The largest absolute Gasteiger partial charge is 0.376 e. The van der Waals surface area contributed by atoms with E-state index in [1.54, 1.807) is 0 Å². The van der Waals surface area contributed by atoms with Crippen molar-refractivity contribution in [1.82, 2.24) is 0 Å². The molecule has 1 atom stereocenters. The lowest BCUT2D eigenvalue weighted by Crippen LogP contribution is -2.37. The Morgan fingerprint density at radius 2 is 2.00 bits per heavy atom. The minimum Gasteiger partial charge on any atom is -0.376 e. The van der Waals surface area contributed by atoms with Crippen molar-refractivity contribution in [2.75, 3.05) is 5.75 Å². The van der Waals surface area contributed by atoms with Crippen molar-refractivity contribution < 1.29 is 18.1 Å². The van der Waals surface area contributed by atoms with E-state index in [1.165, 1.54) is 6.92 Å². The van der Waals surface area contributed by atoms with E-state index in [9.17, 15) is 8.42 Å². The van der Waals surface area contributed by atoms with Crippen LogP contribution in [0.4, 0.5) is 0 Å². The first-order valence-corrected chi connectivity index (χ1v) is 4.28. The molecule has 0 aromatic rings. The van der Waals surface area contributed by atoms with Crippen molar-refractivity contribution in [2.24, 2.45) is 5.73 Å². The Bertz CT molecular complexity index is 190. The van der Waals surface area contributed by atoms with Gasteiger partial charge in [0, 0.05) is 6.42 Å². The molecule has 0 saturated heterocycles. The molecule has 0 aromatic carbocycles. The predicted molar refractivity (Wildman–Crippen MR) is 35.8 cm³/mol. The van der Waals surface area contributed by atoms with Gasteiger partial charge in [0.15, 0.2) is 0 Å². The maximum absolute atomic E-state index is 10.1. The van der Waals surface area contributed by atoms with Gasteiger partial charge in [0.1, 0.15) is 5.72 Å². The number of hydrogen-bond donors (Lipinski definition) is 3. The van der Waals surface area contributed by atoms with Gasteiger partial charge in [-0.1, -0.05) is 0 Å². The molecule has 1 unspecified atom stereocenters. The third-order valence-corrected chi connectivity index (χ3v) is 1.59. The highest BCUT2D eigenvalue weighted by Gasteiger charge is 2.16. The third-order valence-electron chi connectivity index (χ3n) is 0.866. The van der Waals surface area contributed by atoms with Crippen LogP contribution >= 0.6 is 0 Å². The highest BCUT2D eigenvalue weighted by Crippen LogP contribution is 2.01. The molecule has 10 heavy (non-hydrogen) atoms. The van der Waals surface area contributed by atoms with E-state index in [1.807, 2.05) is 0 Å². The summed E-state index contributed by atoms with van der Waals surface area (Å²) in [5.74, 6) is -0.517. The van der Waals surface area contributed by atoms with Crippen LogP contribution in [0.15, 0.2) is 0 Å². The molecule has 0 spiro atoms. The molecule has 0 rings (SSSR count). The summed E-state index contributed by atoms with van der Waals surface area (Å²) < 4.78 is 28.3. The smallest absolute Gasteiger partial charge is 0.265 e. The number of aliphatic hydroxyl groups is 1. The van der Waals surface area contributed by atoms with E-state index >= 15 is 0 Å². The summed E-state index contributed by atoms with van der Waals surface area (Å²) in [6.45, 7) is 1.26. The molecule has 0 aromatic heterocycles. The van der Waals surface area contributed by atoms with Gasteiger partial charge in [0.05, 0.1) is 5.75 Å². The van der Waals surface area contributed by atoms with Crippen LogP contribution in [0.3, 0.4) is 0 Å². The van der Waals surface area contributed by atoms with Gasteiger partial charge < -0.3 is 10.8 Å². The molecule has 0 amide bonds. The topological polar surface area (TPSA) is 101 Å². The van der Waals surface area contributed by atoms with Crippen LogP contribution in [0, 0.1) is 0 Å². The molecule has 62 valence electrons. The Balaban J connectivity index is 3.79. The molecule has 0 aliphatic rings. The molecule has 0 saturated carbocycles. The van der Waals surface area contributed by atoms with E-state index in [2.05, 4.69) is 0 Å². The average Bonchev–Trinajstić information content (AvgIpc) is 1.57. The van der Waals surface area contributed by atoms with Crippen LogP contribution in [0.5, 0.6) is 0 Å². The fraction of sp³-hybridized carbons (Fsp3) is 1.00. The number of rotatable bonds is 3. The minimum absolute atomic E-state index is 0.175. The molecule has 5 nitrogen and oxygen atoms in total. The zero-order valence-corrected chi connectivity index (χ0v) is 6.43. The van der Waals surface area contributed by atoms with Gasteiger partial charge >= 0.3 is 0 Å². The minimum atomic E-state index is -4.00. The second kappa shape index (κ2) is 2.83. The van der Waals surface area contributed by atoms with Gasteiger partial charge in [-0.25, -0.2) is 0 Å². The Kier molecular flexibility index (Phi) is 2.78. The van der Waals surface area contributed by atoms with Crippen LogP contribution in [0.25, 0.3) is 0 Å². The van der Waals surface area contributed by atoms with Gasteiger partial charge in [0.25, 0.3) is 10.1 Å². The molecule has 0 bridgehead atoms. The lowest BCUT2D eigenvalue weighted by atomic mass is 10.2. The standard InChI is InChI=1S/C4H11NO4S/c1-4(5,6)2-3-10(7,8)9/h6H,2-3,5H2,1H3,(H,7,8,9). The summed E-state index contributed by atoms with van der Waals surface area (Å²) in [6.07, 6.45) is -0.175. The fourth-order valence-electron chi connectivity index (χ4n) is 0.336. The van der Waals surface area contributed by atoms with Gasteiger partial charge in [-0.2, -0.15) is 8.42 Å². The molecule has 0 aliphatic carbocycles. The van der Waals surface area contributed by atoms with Crippen LogP contribution < -0.4 is 5.73 Å². The van der Waals surface area contributed by atoms with Crippen molar-refractivity contribution in [1.29, 1.82) is 0 Å². The zero-order valence-electron chi connectivity index (χ0n) is 5.61. The van der Waals surface area contributed by atoms with Crippen LogP contribution in [0.2, 0.25) is 0 Å². The van der Waals surface area contributed by atoms with E-state index in [4.69, 9.17) is 15.4 Å². The molecule has 4 N–H and O–H groups in total. The van der Waals surface area contributed by atoms with Gasteiger partial charge in [0.2, 0.25) is 0 Å². The SMILES string of the molecule is CC(N)(O)CCS(=O)(=O)O. The van der Waals surface area contributed by atoms with Crippen LogP contribution in [-0.2, 0) is 10.1 Å². The summed E-state index contributed by atoms with van der Waals surface area (Å²) in [4.78, 5) is 0. The van der Waals surface area contributed by atoms with Gasteiger partial charge in [-0.15, -0.1) is 0 Å². The molecule has 0 heterocycles. The van der Waals surface area contributed by atoms with E-state index in [0.717, 1.165) is 0 Å². The fourth-order valence-corrected chi connectivity index (χ4v) is 1.01. The molecular formula is C4H11NO4S. The molecule has 0 radical (unpaired) electrons. The lowest BCUT2D eigenvalue weighted by Gasteiger charge is -2.14. The number of hydrogen-bond acceptors (Lipinski definition) is 4. The average molecular weight is 169 g/mol. The quantitative estimate of drug-likeness (QED) is 0.369. The summed E-state index contributed by atoms with van der Waals surface area (Å²) in [5.41, 5.74) is 3.49. The first kappa shape index (κ1) is 9.83. The molecule has 0 aliphatic heterocycles. The monoisotopic (exact) mass is 169 g/mol. The van der Waals surface area contributed by atoms with Crippen molar-refractivity contribution in [3.63, 3.8) is 0 Å². The number of nitrogens with two attached hydrogens (primary N) is 1. The summed E-state index contributed by atoms with van der Waals surface area (Å²) in [6, 6.07) is 0. The van der Waals surface area contributed by atoms with E-state index < -0.39 is 21.6 Å². The second-order valence-electron chi connectivity index (χ2n) is 2.39. The van der Waals surface area contributed by atoms with E-state index in [0.29, 0.717) is 0 Å². The van der Waals surface area contributed by atoms with Crippen LogP contribution in [0.1, 0.15) is 13.3 Å². The second-order valence-corrected chi connectivity index (χ2v) is 3.97. The highest BCUT2D eigenvalue weighted by molar-refractivity contribution is 7.85. The van der Waals surface area contributed by atoms with Crippen LogP contribution in [-0.4, -0.2) is 29.6 Å². The zero-order chi connectivity index (χ0) is 8.41. The molecule has 0 fully saturated rings. The van der Waals surface area contributed by atoms with Crippen molar-refractivity contribution >= 4 is 10.1 Å². The molecular weight excluding hydrogens is 158 g/mol.